The van der Waals surface area contributed by atoms with Gasteiger partial charge in [-0.1, -0.05) is 13.8 Å². The Balaban J connectivity index is 1.82. The highest BCUT2D eigenvalue weighted by Gasteiger charge is 2.51. The molecule has 2 nitrogen and oxygen atoms in total. The quantitative estimate of drug-likeness (QED) is 0.636. The van der Waals surface area contributed by atoms with Crippen LogP contribution in [0.3, 0.4) is 0 Å². The van der Waals surface area contributed by atoms with Crippen LogP contribution >= 0.6 is 0 Å². The van der Waals surface area contributed by atoms with Gasteiger partial charge in [-0.25, -0.2) is 0 Å². The Morgan fingerprint density at radius 3 is 2.36 bits per heavy atom. The van der Waals surface area contributed by atoms with Crippen molar-refractivity contribution in [1.82, 2.24) is 5.32 Å². The van der Waals surface area contributed by atoms with Gasteiger partial charge in [-0.05, 0) is 24.7 Å². The predicted octanol–water partition coefficient (Wildman–Crippen LogP) is 1.31. The van der Waals surface area contributed by atoms with Crippen molar-refractivity contribution in [2.45, 2.75) is 39.2 Å². The standard InChI is InChI=1S/C9H15NO/c1-9(2)5-7(9)8(11)10-6-3-4-6/h6-7H,3-5H2,1-2H3,(H,10,11). The lowest BCUT2D eigenvalue weighted by atomic mass is 10.1. The molecule has 0 aromatic heterocycles. The molecular weight excluding hydrogens is 138 g/mol. The first kappa shape index (κ1) is 7.14. The Hall–Kier alpha value is -0.530. The second kappa shape index (κ2) is 1.99. The fourth-order valence-corrected chi connectivity index (χ4v) is 1.44. The van der Waals surface area contributed by atoms with E-state index in [4.69, 9.17) is 0 Å². The zero-order chi connectivity index (χ0) is 8.06. The van der Waals surface area contributed by atoms with E-state index in [2.05, 4.69) is 19.2 Å². The van der Waals surface area contributed by atoms with Gasteiger partial charge in [0.1, 0.15) is 0 Å². The molecule has 2 aliphatic rings. The van der Waals surface area contributed by atoms with E-state index in [-0.39, 0.29) is 5.91 Å². The van der Waals surface area contributed by atoms with Crippen LogP contribution in [0.25, 0.3) is 0 Å². The molecular formula is C9H15NO. The summed E-state index contributed by atoms with van der Waals surface area (Å²) in [5.41, 5.74) is 0.291. The fraction of sp³-hybridized carbons (Fsp3) is 0.889. The molecule has 0 aromatic rings. The van der Waals surface area contributed by atoms with Gasteiger partial charge in [0.15, 0.2) is 0 Å². The highest BCUT2D eigenvalue weighted by Crippen LogP contribution is 2.51. The Kier molecular flexibility index (Phi) is 1.29. The highest BCUT2D eigenvalue weighted by molar-refractivity contribution is 5.82. The summed E-state index contributed by atoms with van der Waals surface area (Å²) in [4.78, 5) is 11.4. The molecule has 0 saturated heterocycles. The van der Waals surface area contributed by atoms with Crippen molar-refractivity contribution < 1.29 is 4.79 Å². The van der Waals surface area contributed by atoms with E-state index in [0.29, 0.717) is 17.4 Å². The number of carbonyl (C=O) groups excluding carboxylic acids is 1. The molecule has 0 heterocycles. The Morgan fingerprint density at radius 2 is 2.00 bits per heavy atom. The normalized spacial score (nSPS) is 33.1. The van der Waals surface area contributed by atoms with Gasteiger partial charge in [-0.3, -0.25) is 4.79 Å². The summed E-state index contributed by atoms with van der Waals surface area (Å²) in [5.74, 6) is 0.598. The molecule has 62 valence electrons. The molecule has 1 atom stereocenters. The summed E-state index contributed by atoms with van der Waals surface area (Å²) < 4.78 is 0. The van der Waals surface area contributed by atoms with Gasteiger partial charge >= 0.3 is 0 Å². The molecule has 0 aromatic carbocycles. The van der Waals surface area contributed by atoms with Gasteiger partial charge in [0.2, 0.25) is 5.91 Å². The van der Waals surface area contributed by atoms with Crippen LogP contribution in [0.5, 0.6) is 0 Å². The summed E-state index contributed by atoms with van der Waals surface area (Å²) >= 11 is 0. The van der Waals surface area contributed by atoms with E-state index in [1.165, 1.54) is 12.8 Å². The van der Waals surface area contributed by atoms with Crippen LogP contribution in [0, 0.1) is 11.3 Å². The second-order valence-electron chi connectivity index (χ2n) is 4.53. The minimum Gasteiger partial charge on any atom is -0.353 e. The Morgan fingerprint density at radius 1 is 1.45 bits per heavy atom. The Labute approximate surface area is 67.4 Å². The summed E-state index contributed by atoms with van der Waals surface area (Å²) in [6.07, 6.45) is 3.46. The minimum atomic E-state index is 0.289. The molecule has 0 spiro atoms. The number of hydrogen-bond donors (Lipinski definition) is 1. The van der Waals surface area contributed by atoms with E-state index in [1.54, 1.807) is 0 Å². The smallest absolute Gasteiger partial charge is 0.223 e. The van der Waals surface area contributed by atoms with Gasteiger partial charge in [-0.2, -0.15) is 0 Å². The maximum Gasteiger partial charge on any atom is 0.223 e. The van der Waals surface area contributed by atoms with Crippen LogP contribution in [0.15, 0.2) is 0 Å². The van der Waals surface area contributed by atoms with E-state index in [9.17, 15) is 4.79 Å². The van der Waals surface area contributed by atoms with Crippen LogP contribution in [-0.4, -0.2) is 11.9 Å². The SMILES string of the molecule is CC1(C)CC1C(=O)NC1CC1. The third-order valence-electron chi connectivity index (χ3n) is 2.75. The lowest BCUT2D eigenvalue weighted by molar-refractivity contribution is -0.123. The largest absolute Gasteiger partial charge is 0.353 e. The first-order chi connectivity index (χ1) is 5.09. The van der Waals surface area contributed by atoms with Crippen molar-refractivity contribution in [3.8, 4) is 0 Å². The lowest BCUT2D eigenvalue weighted by Crippen LogP contribution is -2.28. The highest BCUT2D eigenvalue weighted by atomic mass is 16.2. The summed E-state index contributed by atoms with van der Waals surface area (Å²) in [6.45, 7) is 4.31. The van der Waals surface area contributed by atoms with Crippen LogP contribution in [0.2, 0.25) is 0 Å². The first-order valence-electron chi connectivity index (χ1n) is 4.40. The molecule has 0 bridgehead atoms. The zero-order valence-electron chi connectivity index (χ0n) is 7.18. The molecule has 1 N–H and O–H groups in total. The van der Waals surface area contributed by atoms with E-state index >= 15 is 0 Å². The number of amides is 1. The van der Waals surface area contributed by atoms with Crippen molar-refractivity contribution in [3.63, 3.8) is 0 Å². The van der Waals surface area contributed by atoms with Gasteiger partial charge in [0.05, 0.1) is 0 Å². The summed E-state index contributed by atoms with van der Waals surface area (Å²) in [7, 11) is 0. The van der Waals surface area contributed by atoms with Crippen molar-refractivity contribution in [3.05, 3.63) is 0 Å². The van der Waals surface area contributed by atoms with Crippen LogP contribution in [0.1, 0.15) is 33.1 Å². The molecule has 2 fully saturated rings. The van der Waals surface area contributed by atoms with Crippen LogP contribution in [-0.2, 0) is 4.79 Å². The molecule has 2 aliphatic carbocycles. The maximum atomic E-state index is 11.4. The first-order valence-corrected chi connectivity index (χ1v) is 4.40. The van der Waals surface area contributed by atoms with E-state index < -0.39 is 0 Å². The van der Waals surface area contributed by atoms with Crippen molar-refractivity contribution in [2.24, 2.45) is 11.3 Å². The van der Waals surface area contributed by atoms with E-state index in [0.717, 1.165) is 6.42 Å². The van der Waals surface area contributed by atoms with Gasteiger partial charge < -0.3 is 5.32 Å². The van der Waals surface area contributed by atoms with Crippen molar-refractivity contribution >= 4 is 5.91 Å². The van der Waals surface area contributed by atoms with Crippen LogP contribution < -0.4 is 5.32 Å². The third-order valence-corrected chi connectivity index (χ3v) is 2.75. The molecule has 2 rings (SSSR count). The van der Waals surface area contributed by atoms with Gasteiger partial charge in [0.25, 0.3) is 0 Å². The van der Waals surface area contributed by atoms with E-state index in [1.807, 2.05) is 0 Å². The van der Waals surface area contributed by atoms with Crippen molar-refractivity contribution in [1.29, 1.82) is 0 Å². The zero-order valence-corrected chi connectivity index (χ0v) is 7.18. The summed E-state index contributed by atoms with van der Waals surface area (Å²) in [5, 5.41) is 3.03. The number of carbonyl (C=O) groups is 1. The molecule has 11 heavy (non-hydrogen) atoms. The molecule has 1 amide bonds. The summed E-state index contributed by atoms with van der Waals surface area (Å²) in [6, 6.07) is 0.527. The average Bonchev–Trinajstić information content (AvgIpc) is 2.71. The van der Waals surface area contributed by atoms with Gasteiger partial charge in [-0.15, -0.1) is 0 Å². The monoisotopic (exact) mass is 153 g/mol. The molecule has 2 heteroatoms. The molecule has 0 aliphatic heterocycles. The number of rotatable bonds is 2. The Bertz CT molecular complexity index is 194. The predicted molar refractivity (Wildman–Crippen MR) is 43.1 cm³/mol. The minimum absolute atomic E-state index is 0.289. The molecule has 2 saturated carbocycles. The maximum absolute atomic E-state index is 11.4. The third kappa shape index (κ3) is 1.39. The van der Waals surface area contributed by atoms with Crippen molar-refractivity contribution in [2.75, 3.05) is 0 Å². The average molecular weight is 153 g/mol. The molecule has 1 unspecified atom stereocenters. The number of hydrogen-bond acceptors (Lipinski definition) is 1. The topological polar surface area (TPSA) is 29.1 Å². The lowest BCUT2D eigenvalue weighted by Gasteiger charge is -2.03. The number of nitrogens with one attached hydrogen (secondary N) is 1. The van der Waals surface area contributed by atoms with Gasteiger partial charge in [0, 0.05) is 12.0 Å². The van der Waals surface area contributed by atoms with Crippen LogP contribution in [0.4, 0.5) is 0 Å². The second-order valence-corrected chi connectivity index (χ2v) is 4.53. The fourth-order valence-electron chi connectivity index (χ4n) is 1.44. The molecule has 0 radical (unpaired) electrons.